The monoisotopic (exact) mass is 506 g/mol. The fraction of sp³-hybridized carbons (Fsp3) is 0.192. The molecule has 1 N–H and O–H groups in total. The Labute approximate surface area is 213 Å². The van der Waals surface area contributed by atoms with E-state index in [4.69, 9.17) is 18.9 Å². The third-order valence-electron chi connectivity index (χ3n) is 5.14. The molecule has 186 valence electrons. The highest BCUT2D eigenvalue weighted by atomic mass is 32.2. The summed E-state index contributed by atoms with van der Waals surface area (Å²) >= 11 is 1.27. The molecule has 3 aromatic carbocycles. The van der Waals surface area contributed by atoms with Crippen LogP contribution < -0.4 is 24.3 Å². The van der Waals surface area contributed by atoms with Crippen LogP contribution >= 0.6 is 11.8 Å². The van der Waals surface area contributed by atoms with Crippen molar-refractivity contribution in [3.8, 4) is 28.7 Å². The van der Waals surface area contributed by atoms with Gasteiger partial charge in [-0.3, -0.25) is 9.36 Å². The second kappa shape index (κ2) is 12.0. The zero-order valence-electron chi connectivity index (χ0n) is 20.1. The molecule has 0 unspecified atom stereocenters. The van der Waals surface area contributed by atoms with Gasteiger partial charge in [-0.15, -0.1) is 10.2 Å². The normalized spacial score (nSPS) is 10.5. The van der Waals surface area contributed by atoms with E-state index in [1.807, 2.05) is 59.2 Å². The van der Waals surface area contributed by atoms with Gasteiger partial charge in [0.15, 0.2) is 22.5 Å². The van der Waals surface area contributed by atoms with Crippen molar-refractivity contribution in [2.75, 3.05) is 32.4 Å². The number of ether oxygens (including phenoxy) is 4. The number of thioether (sulfide) groups is 1. The Bertz CT molecular complexity index is 1300. The number of methoxy groups -OCH3 is 3. The van der Waals surface area contributed by atoms with Gasteiger partial charge in [-0.1, -0.05) is 30.0 Å². The summed E-state index contributed by atoms with van der Waals surface area (Å²) in [6.45, 7) is 0.210. The molecule has 0 aliphatic rings. The number of anilines is 1. The number of nitrogens with one attached hydrogen (secondary N) is 1. The van der Waals surface area contributed by atoms with E-state index in [0.29, 0.717) is 28.2 Å². The lowest BCUT2D eigenvalue weighted by molar-refractivity contribution is -0.113. The smallest absolute Gasteiger partial charge is 0.234 e. The number of hydrogen-bond acceptors (Lipinski definition) is 8. The Kier molecular flexibility index (Phi) is 8.30. The van der Waals surface area contributed by atoms with Gasteiger partial charge in [0.25, 0.3) is 0 Å². The van der Waals surface area contributed by atoms with E-state index in [1.54, 1.807) is 39.5 Å². The van der Waals surface area contributed by atoms with Crippen LogP contribution in [0.15, 0.2) is 78.0 Å². The highest BCUT2D eigenvalue weighted by molar-refractivity contribution is 7.99. The predicted octanol–water partition coefficient (Wildman–Crippen LogP) is 4.60. The van der Waals surface area contributed by atoms with Crippen molar-refractivity contribution >= 4 is 23.4 Å². The minimum atomic E-state index is -0.196. The molecule has 0 saturated heterocycles. The molecule has 0 aliphatic heterocycles. The first kappa shape index (κ1) is 24.9. The molecule has 9 nitrogen and oxygen atoms in total. The highest BCUT2D eigenvalue weighted by Gasteiger charge is 2.17. The first-order valence-electron chi connectivity index (χ1n) is 11.0. The van der Waals surface area contributed by atoms with E-state index in [1.165, 1.54) is 11.8 Å². The summed E-state index contributed by atoms with van der Waals surface area (Å²) in [6, 6.07) is 22.2. The Balaban J connectivity index is 1.50. The third-order valence-corrected chi connectivity index (χ3v) is 6.07. The largest absolute Gasteiger partial charge is 0.497 e. The third kappa shape index (κ3) is 6.08. The van der Waals surface area contributed by atoms with Crippen LogP contribution in [0.25, 0.3) is 5.69 Å². The van der Waals surface area contributed by atoms with Gasteiger partial charge in [0, 0.05) is 17.4 Å². The maximum atomic E-state index is 12.7. The van der Waals surface area contributed by atoms with E-state index in [-0.39, 0.29) is 18.3 Å². The van der Waals surface area contributed by atoms with Crippen molar-refractivity contribution in [1.29, 1.82) is 0 Å². The molecule has 10 heteroatoms. The zero-order chi connectivity index (χ0) is 25.3. The lowest BCUT2D eigenvalue weighted by atomic mass is 10.2. The number of aromatic nitrogens is 3. The van der Waals surface area contributed by atoms with E-state index in [0.717, 1.165) is 17.2 Å². The SMILES string of the molecule is COc1ccc(-n2c(COc3ccccc3)nnc2SCC(=O)Nc2ccc(OC)c(OC)c2)cc1. The minimum absolute atomic E-state index is 0.127. The Hall–Kier alpha value is -4.18. The van der Waals surface area contributed by atoms with Gasteiger partial charge in [0.2, 0.25) is 5.91 Å². The molecule has 0 radical (unpaired) electrons. The molecule has 0 bridgehead atoms. The van der Waals surface area contributed by atoms with Gasteiger partial charge in [-0.2, -0.15) is 0 Å². The van der Waals surface area contributed by atoms with Crippen LogP contribution in [0.2, 0.25) is 0 Å². The molecule has 1 amide bonds. The lowest BCUT2D eigenvalue weighted by Crippen LogP contribution is -2.15. The molecule has 1 aromatic heterocycles. The van der Waals surface area contributed by atoms with Crippen molar-refractivity contribution in [2.24, 2.45) is 0 Å². The Morgan fingerprint density at radius 1 is 0.861 bits per heavy atom. The average molecular weight is 507 g/mol. The van der Waals surface area contributed by atoms with Crippen LogP contribution in [0.3, 0.4) is 0 Å². The van der Waals surface area contributed by atoms with Crippen molar-refractivity contribution in [3.05, 3.63) is 78.6 Å². The molecular formula is C26H26N4O5S. The van der Waals surface area contributed by atoms with Gasteiger partial charge >= 0.3 is 0 Å². The highest BCUT2D eigenvalue weighted by Crippen LogP contribution is 2.30. The van der Waals surface area contributed by atoms with E-state index in [2.05, 4.69) is 15.5 Å². The molecule has 4 aromatic rings. The summed E-state index contributed by atoms with van der Waals surface area (Å²) in [5, 5.41) is 12.1. The topological polar surface area (TPSA) is 96.7 Å². The number of rotatable bonds is 11. The van der Waals surface area contributed by atoms with Crippen LogP contribution in [0.1, 0.15) is 5.82 Å². The second-order valence-electron chi connectivity index (χ2n) is 7.44. The van der Waals surface area contributed by atoms with Crippen LogP contribution in [0.5, 0.6) is 23.0 Å². The number of carbonyl (C=O) groups excluding carboxylic acids is 1. The summed E-state index contributed by atoms with van der Waals surface area (Å²) in [4.78, 5) is 12.7. The predicted molar refractivity (Wildman–Crippen MR) is 138 cm³/mol. The Morgan fingerprint density at radius 2 is 1.61 bits per heavy atom. The molecule has 0 fully saturated rings. The Morgan fingerprint density at radius 3 is 2.31 bits per heavy atom. The molecular weight excluding hydrogens is 480 g/mol. The molecule has 36 heavy (non-hydrogen) atoms. The number of hydrogen-bond donors (Lipinski definition) is 1. The quantitative estimate of drug-likeness (QED) is 0.295. The first-order valence-corrected chi connectivity index (χ1v) is 12.0. The molecule has 0 spiro atoms. The van der Waals surface area contributed by atoms with Crippen molar-refractivity contribution in [1.82, 2.24) is 14.8 Å². The van der Waals surface area contributed by atoms with Gasteiger partial charge < -0.3 is 24.3 Å². The fourth-order valence-corrected chi connectivity index (χ4v) is 4.15. The van der Waals surface area contributed by atoms with Crippen LogP contribution in [-0.4, -0.2) is 47.8 Å². The van der Waals surface area contributed by atoms with Crippen molar-refractivity contribution < 1.29 is 23.7 Å². The first-order chi connectivity index (χ1) is 17.6. The maximum Gasteiger partial charge on any atom is 0.234 e. The minimum Gasteiger partial charge on any atom is -0.497 e. The van der Waals surface area contributed by atoms with Crippen molar-refractivity contribution in [3.63, 3.8) is 0 Å². The van der Waals surface area contributed by atoms with Crippen LogP contribution in [0.4, 0.5) is 5.69 Å². The molecule has 1 heterocycles. The average Bonchev–Trinajstić information content (AvgIpc) is 3.34. The molecule has 4 rings (SSSR count). The number of benzene rings is 3. The summed E-state index contributed by atoms with van der Waals surface area (Å²) in [6.07, 6.45) is 0. The van der Waals surface area contributed by atoms with Gasteiger partial charge in [-0.05, 0) is 48.5 Å². The number of nitrogens with zero attached hydrogens (tertiary/aromatic N) is 3. The van der Waals surface area contributed by atoms with Crippen molar-refractivity contribution in [2.45, 2.75) is 11.8 Å². The molecule has 0 aliphatic carbocycles. The maximum absolute atomic E-state index is 12.7. The van der Waals surface area contributed by atoms with Gasteiger partial charge in [-0.25, -0.2) is 0 Å². The summed E-state index contributed by atoms with van der Waals surface area (Å²) in [5.74, 6) is 3.11. The number of para-hydroxylation sites is 1. The lowest BCUT2D eigenvalue weighted by Gasteiger charge is -2.12. The molecule has 0 atom stereocenters. The van der Waals surface area contributed by atoms with E-state index < -0.39 is 0 Å². The van der Waals surface area contributed by atoms with Gasteiger partial charge in [0.1, 0.15) is 18.1 Å². The fourth-order valence-electron chi connectivity index (χ4n) is 3.38. The summed E-state index contributed by atoms with van der Waals surface area (Å²) in [7, 11) is 4.72. The van der Waals surface area contributed by atoms with Crippen LogP contribution in [-0.2, 0) is 11.4 Å². The molecule has 0 saturated carbocycles. The summed E-state index contributed by atoms with van der Waals surface area (Å²) in [5.41, 5.74) is 1.43. The summed E-state index contributed by atoms with van der Waals surface area (Å²) < 4.78 is 23.6. The van der Waals surface area contributed by atoms with E-state index >= 15 is 0 Å². The standard InChI is InChI=1S/C26H26N4O5S/c1-32-20-12-10-19(11-13-20)30-24(16-35-21-7-5-4-6-8-21)28-29-26(30)36-17-25(31)27-18-9-14-22(33-2)23(15-18)34-3/h4-15H,16-17H2,1-3H3,(H,27,31). The number of carbonyl (C=O) groups is 1. The zero-order valence-corrected chi connectivity index (χ0v) is 21.0. The van der Waals surface area contributed by atoms with E-state index in [9.17, 15) is 4.79 Å². The van der Waals surface area contributed by atoms with Gasteiger partial charge in [0.05, 0.1) is 27.1 Å². The number of amides is 1. The second-order valence-corrected chi connectivity index (χ2v) is 8.38. The van der Waals surface area contributed by atoms with Crippen LogP contribution in [0, 0.1) is 0 Å².